The molecule has 1 aliphatic carbocycles. The predicted octanol–water partition coefficient (Wildman–Crippen LogP) is 4.52. The first-order valence-electron chi connectivity index (χ1n) is 13.7. The molecule has 9 heteroatoms. The van der Waals surface area contributed by atoms with Crippen molar-refractivity contribution in [2.24, 2.45) is 18.9 Å². The van der Waals surface area contributed by atoms with Gasteiger partial charge < -0.3 is 24.1 Å². The number of hydrogen-bond acceptors (Lipinski definition) is 5. The molecular formula is C29H33FN6O2. The summed E-state index contributed by atoms with van der Waals surface area (Å²) < 4.78 is 24.0. The summed E-state index contributed by atoms with van der Waals surface area (Å²) in [4.78, 5) is 25.2. The number of carbonyl (C=O) groups excluding carboxylic acids is 1. The zero-order valence-electron chi connectivity index (χ0n) is 21.9. The van der Waals surface area contributed by atoms with Crippen LogP contribution in [0.3, 0.4) is 0 Å². The lowest BCUT2D eigenvalue weighted by Crippen LogP contribution is -2.48. The average molecular weight is 517 g/mol. The van der Waals surface area contributed by atoms with Crippen molar-refractivity contribution in [3.05, 3.63) is 42.1 Å². The normalized spacial score (nSPS) is 22.2. The number of carbonyl (C=O) groups is 1. The third-order valence-electron chi connectivity index (χ3n) is 8.46. The molecule has 198 valence electrons. The van der Waals surface area contributed by atoms with Gasteiger partial charge >= 0.3 is 0 Å². The van der Waals surface area contributed by atoms with Gasteiger partial charge in [-0.3, -0.25) is 4.79 Å². The Labute approximate surface area is 220 Å². The molecule has 0 spiro atoms. The number of imidazole rings is 1. The molecule has 5 heterocycles. The highest BCUT2D eigenvalue weighted by Gasteiger charge is 2.35. The van der Waals surface area contributed by atoms with E-state index in [-0.39, 0.29) is 5.91 Å². The van der Waals surface area contributed by atoms with Crippen molar-refractivity contribution in [3.8, 4) is 17.3 Å². The van der Waals surface area contributed by atoms with Gasteiger partial charge in [-0.05, 0) is 74.4 Å². The van der Waals surface area contributed by atoms with Crippen molar-refractivity contribution in [1.29, 1.82) is 0 Å². The fourth-order valence-electron chi connectivity index (χ4n) is 6.34. The molecule has 0 radical (unpaired) electrons. The maximum absolute atomic E-state index is 14.2. The molecule has 3 atom stereocenters. The van der Waals surface area contributed by atoms with Crippen LogP contribution >= 0.6 is 0 Å². The van der Waals surface area contributed by atoms with Crippen LogP contribution in [0.2, 0.25) is 0 Å². The molecule has 3 fully saturated rings. The highest BCUT2D eigenvalue weighted by atomic mass is 19.1. The topological polar surface area (TPSA) is 77.2 Å². The first kappa shape index (κ1) is 23.6. The zero-order valence-corrected chi connectivity index (χ0v) is 21.9. The number of fused-ring (bicyclic) bond motifs is 3. The summed E-state index contributed by atoms with van der Waals surface area (Å²) >= 11 is 0. The molecule has 1 amide bonds. The summed E-state index contributed by atoms with van der Waals surface area (Å²) in [5.41, 5.74) is 3.68. The second-order valence-electron chi connectivity index (χ2n) is 11.1. The number of nitrogens with one attached hydrogen (secondary N) is 1. The lowest BCUT2D eigenvalue weighted by molar-refractivity contribution is 0.0664. The minimum absolute atomic E-state index is 0.0605. The number of ether oxygens (including phenoxy) is 1. The number of rotatable bonds is 6. The van der Waals surface area contributed by atoms with Gasteiger partial charge in [0.25, 0.3) is 5.91 Å². The van der Waals surface area contributed by atoms with Gasteiger partial charge in [0.2, 0.25) is 6.36 Å². The van der Waals surface area contributed by atoms with Crippen LogP contribution < -0.4 is 10.1 Å². The van der Waals surface area contributed by atoms with Gasteiger partial charge in [0.1, 0.15) is 16.9 Å². The number of aromatic nitrogens is 4. The summed E-state index contributed by atoms with van der Waals surface area (Å²) in [5.74, 6) is 2.31. The van der Waals surface area contributed by atoms with E-state index in [2.05, 4.69) is 27.0 Å². The van der Waals surface area contributed by atoms with Crippen molar-refractivity contribution in [2.75, 3.05) is 19.6 Å². The number of halogens is 1. The van der Waals surface area contributed by atoms with Crippen LogP contribution in [0.15, 0.2) is 36.5 Å². The lowest BCUT2D eigenvalue weighted by Gasteiger charge is -2.35. The second-order valence-corrected chi connectivity index (χ2v) is 11.1. The Morgan fingerprint density at radius 2 is 2.11 bits per heavy atom. The Hall–Kier alpha value is -3.46. The van der Waals surface area contributed by atoms with E-state index in [0.29, 0.717) is 46.8 Å². The maximum atomic E-state index is 14.2. The van der Waals surface area contributed by atoms with E-state index in [9.17, 15) is 9.18 Å². The number of alkyl halides is 1. The first-order chi connectivity index (χ1) is 18.5. The fraction of sp³-hybridized carbons (Fsp3) is 0.483. The monoisotopic (exact) mass is 516 g/mol. The predicted molar refractivity (Wildman–Crippen MR) is 144 cm³/mol. The van der Waals surface area contributed by atoms with Crippen molar-refractivity contribution in [2.45, 2.75) is 51.6 Å². The van der Waals surface area contributed by atoms with Crippen LogP contribution in [0.5, 0.6) is 5.75 Å². The van der Waals surface area contributed by atoms with Crippen molar-refractivity contribution in [3.63, 3.8) is 0 Å². The average Bonchev–Trinajstić information content (AvgIpc) is 3.33. The minimum Gasteiger partial charge on any atom is -0.458 e. The molecule has 8 nitrogen and oxygen atoms in total. The first-order valence-corrected chi connectivity index (χ1v) is 13.7. The number of piperidine rings is 1. The van der Waals surface area contributed by atoms with E-state index < -0.39 is 6.36 Å². The SMILES string of the molecule is CC(F)Oc1cc(C(=O)N2CC[C@H]3CCN[C@H]3C2)cc2nc(-c3cc4cccnc4n3CC3CC3)n(C)c12. The fourth-order valence-corrected chi connectivity index (χ4v) is 6.34. The van der Waals surface area contributed by atoms with Gasteiger partial charge in [0.15, 0.2) is 5.82 Å². The van der Waals surface area contributed by atoms with Crippen LogP contribution in [0.1, 0.15) is 43.0 Å². The number of amides is 1. The number of nitrogens with zero attached hydrogens (tertiary/aromatic N) is 5. The van der Waals surface area contributed by atoms with Gasteiger partial charge in [-0.2, -0.15) is 0 Å². The Kier molecular flexibility index (Phi) is 5.65. The third kappa shape index (κ3) is 4.04. The van der Waals surface area contributed by atoms with E-state index in [1.54, 1.807) is 6.07 Å². The quantitative estimate of drug-likeness (QED) is 0.408. The highest BCUT2D eigenvalue weighted by molar-refractivity contribution is 6.00. The minimum atomic E-state index is -1.52. The molecule has 2 aliphatic heterocycles. The van der Waals surface area contributed by atoms with E-state index in [1.807, 2.05) is 34.8 Å². The second kappa shape index (κ2) is 9.08. The van der Waals surface area contributed by atoms with E-state index >= 15 is 0 Å². The van der Waals surface area contributed by atoms with Gasteiger partial charge in [-0.1, -0.05) is 0 Å². The van der Waals surface area contributed by atoms with Gasteiger partial charge in [0.05, 0.1) is 11.2 Å². The number of pyridine rings is 1. The molecule has 1 aromatic carbocycles. The Morgan fingerprint density at radius 3 is 2.92 bits per heavy atom. The Balaban J connectivity index is 1.32. The molecule has 2 saturated heterocycles. The zero-order chi connectivity index (χ0) is 26.0. The lowest BCUT2D eigenvalue weighted by atomic mass is 9.92. The molecule has 38 heavy (non-hydrogen) atoms. The van der Waals surface area contributed by atoms with E-state index in [0.717, 1.165) is 48.6 Å². The molecular weight excluding hydrogens is 483 g/mol. The smallest absolute Gasteiger partial charge is 0.254 e. The van der Waals surface area contributed by atoms with Crippen molar-refractivity contribution >= 4 is 28.0 Å². The van der Waals surface area contributed by atoms with E-state index in [4.69, 9.17) is 9.72 Å². The van der Waals surface area contributed by atoms with Crippen LogP contribution in [0, 0.1) is 11.8 Å². The number of aryl methyl sites for hydroxylation is 1. The summed E-state index contributed by atoms with van der Waals surface area (Å²) in [6, 6.07) is 9.99. The van der Waals surface area contributed by atoms with Crippen LogP contribution in [0.25, 0.3) is 33.6 Å². The highest BCUT2D eigenvalue weighted by Crippen LogP contribution is 2.38. The molecule has 1 unspecified atom stereocenters. The van der Waals surface area contributed by atoms with Gasteiger partial charge in [0, 0.05) is 56.8 Å². The Morgan fingerprint density at radius 1 is 1.24 bits per heavy atom. The Bertz CT molecular complexity index is 1540. The van der Waals surface area contributed by atoms with E-state index in [1.165, 1.54) is 26.2 Å². The molecule has 0 bridgehead atoms. The largest absolute Gasteiger partial charge is 0.458 e. The van der Waals surface area contributed by atoms with Crippen molar-refractivity contribution < 1.29 is 13.9 Å². The molecule has 1 N–H and O–H groups in total. The van der Waals surface area contributed by atoms with Crippen LogP contribution in [0.4, 0.5) is 4.39 Å². The summed E-state index contributed by atoms with van der Waals surface area (Å²) in [6.45, 7) is 4.68. The van der Waals surface area contributed by atoms with Crippen LogP contribution in [-0.2, 0) is 13.6 Å². The number of hydrogen-bond donors (Lipinski definition) is 1. The van der Waals surface area contributed by atoms with Gasteiger partial charge in [-0.25, -0.2) is 14.4 Å². The standard InChI is InChI=1S/C29H33FN6O2/c1-17(30)38-25-14-21(29(37)35-11-8-19-7-10-31-23(19)16-35)12-22-26(25)34(2)28(33-22)24-13-20-4-3-9-32-27(20)36(24)15-18-5-6-18/h3-4,9,12-14,17-19,23,31H,5-8,10-11,15-16H2,1-2H3/t17?,19-,23+/m1/s1. The van der Waals surface area contributed by atoms with Crippen molar-refractivity contribution in [1.82, 2.24) is 29.3 Å². The maximum Gasteiger partial charge on any atom is 0.254 e. The number of benzene rings is 1. The summed E-state index contributed by atoms with van der Waals surface area (Å²) in [7, 11) is 1.92. The van der Waals surface area contributed by atoms with Gasteiger partial charge in [-0.15, -0.1) is 0 Å². The third-order valence-corrected chi connectivity index (χ3v) is 8.46. The van der Waals surface area contributed by atoms with Crippen LogP contribution in [-0.4, -0.2) is 61.9 Å². The molecule has 3 aliphatic rings. The molecule has 3 aromatic heterocycles. The molecule has 7 rings (SSSR count). The summed E-state index contributed by atoms with van der Waals surface area (Å²) in [5, 5.41) is 4.59. The molecule has 4 aromatic rings. The number of likely N-dealkylation sites (tertiary alicyclic amines) is 1. The molecule has 1 saturated carbocycles. The summed E-state index contributed by atoms with van der Waals surface area (Å²) in [6.07, 6.45) is 4.92.